The monoisotopic (exact) mass is 257 g/mol. The van der Waals surface area contributed by atoms with Crippen molar-refractivity contribution >= 4 is 5.95 Å². The molecule has 0 bridgehead atoms. The molecule has 19 heavy (non-hydrogen) atoms. The molecule has 5 nitrogen and oxygen atoms in total. The van der Waals surface area contributed by atoms with Crippen molar-refractivity contribution in [2.45, 2.75) is 19.9 Å². The first-order valence-electron chi connectivity index (χ1n) is 6.33. The van der Waals surface area contributed by atoms with Crippen LogP contribution < -0.4 is 10.6 Å². The summed E-state index contributed by atoms with van der Waals surface area (Å²) in [7, 11) is 2.00. The highest BCUT2D eigenvalue weighted by Crippen LogP contribution is 2.09. The van der Waals surface area contributed by atoms with E-state index in [1.54, 1.807) is 0 Å². The minimum atomic E-state index is 0.439. The highest BCUT2D eigenvalue weighted by atomic mass is 15.2. The zero-order valence-corrected chi connectivity index (χ0v) is 11.4. The van der Waals surface area contributed by atoms with Crippen LogP contribution in [-0.2, 0) is 13.0 Å². The van der Waals surface area contributed by atoms with Gasteiger partial charge in [-0.15, -0.1) is 0 Å². The van der Waals surface area contributed by atoms with E-state index in [4.69, 9.17) is 5.73 Å². The maximum atomic E-state index is 5.64. The topological polar surface area (TPSA) is 67.9 Å². The van der Waals surface area contributed by atoms with E-state index >= 15 is 0 Å². The van der Waals surface area contributed by atoms with Crippen molar-refractivity contribution in [1.29, 1.82) is 0 Å². The van der Waals surface area contributed by atoms with Crippen molar-refractivity contribution in [1.82, 2.24) is 15.0 Å². The van der Waals surface area contributed by atoms with Gasteiger partial charge in [-0.2, -0.15) is 0 Å². The lowest BCUT2D eigenvalue weighted by Gasteiger charge is -2.18. The van der Waals surface area contributed by atoms with Crippen LogP contribution in [0.5, 0.6) is 0 Å². The van der Waals surface area contributed by atoms with Gasteiger partial charge >= 0.3 is 0 Å². The molecule has 2 N–H and O–H groups in total. The Balaban J connectivity index is 2.03. The SMILES string of the molecule is Cc1cc(CN)nc(N(C)CCc2ccncc2)n1. The normalized spacial score (nSPS) is 10.5. The van der Waals surface area contributed by atoms with Gasteiger partial charge in [0.1, 0.15) is 0 Å². The third-order valence-corrected chi connectivity index (χ3v) is 2.93. The molecule has 2 aromatic heterocycles. The van der Waals surface area contributed by atoms with Gasteiger partial charge in [0.15, 0.2) is 0 Å². The van der Waals surface area contributed by atoms with Gasteiger partial charge in [0.05, 0.1) is 5.69 Å². The van der Waals surface area contributed by atoms with Crippen molar-refractivity contribution in [3.63, 3.8) is 0 Å². The molecular formula is C14H19N5. The maximum Gasteiger partial charge on any atom is 0.225 e. The molecule has 0 amide bonds. The number of anilines is 1. The molecule has 2 rings (SSSR count). The van der Waals surface area contributed by atoms with E-state index in [2.05, 4.69) is 15.0 Å². The molecule has 0 unspecified atom stereocenters. The van der Waals surface area contributed by atoms with Crippen LogP contribution in [0.15, 0.2) is 30.6 Å². The molecule has 0 atom stereocenters. The lowest BCUT2D eigenvalue weighted by molar-refractivity contribution is 0.817. The summed E-state index contributed by atoms with van der Waals surface area (Å²) in [5.41, 5.74) is 8.71. The van der Waals surface area contributed by atoms with Gasteiger partial charge in [-0.25, -0.2) is 9.97 Å². The van der Waals surface area contributed by atoms with E-state index < -0.39 is 0 Å². The summed E-state index contributed by atoms with van der Waals surface area (Å²) in [6.07, 6.45) is 4.56. The summed E-state index contributed by atoms with van der Waals surface area (Å²) in [5.74, 6) is 0.731. The smallest absolute Gasteiger partial charge is 0.225 e. The number of hydrogen-bond donors (Lipinski definition) is 1. The minimum Gasteiger partial charge on any atom is -0.344 e. The number of likely N-dealkylation sites (N-methyl/N-ethyl adjacent to an activating group) is 1. The lowest BCUT2D eigenvalue weighted by Crippen LogP contribution is -2.23. The van der Waals surface area contributed by atoms with Gasteiger partial charge in [-0.05, 0) is 37.1 Å². The molecule has 0 saturated heterocycles. The molecule has 0 aliphatic heterocycles. The summed E-state index contributed by atoms with van der Waals surface area (Å²) < 4.78 is 0. The Bertz CT molecular complexity index is 527. The predicted octanol–water partition coefficient (Wildman–Crippen LogP) is 1.32. The van der Waals surface area contributed by atoms with Crippen molar-refractivity contribution < 1.29 is 0 Å². The van der Waals surface area contributed by atoms with Crippen LogP contribution in [0.25, 0.3) is 0 Å². The first-order valence-corrected chi connectivity index (χ1v) is 6.33. The average Bonchev–Trinajstić information content (AvgIpc) is 2.45. The number of nitrogens with two attached hydrogens (primary N) is 1. The molecule has 2 heterocycles. The van der Waals surface area contributed by atoms with Crippen LogP contribution in [0, 0.1) is 6.92 Å². The zero-order chi connectivity index (χ0) is 13.7. The average molecular weight is 257 g/mol. The Morgan fingerprint density at radius 2 is 1.95 bits per heavy atom. The fourth-order valence-electron chi connectivity index (χ4n) is 1.84. The molecule has 0 saturated carbocycles. The van der Waals surface area contributed by atoms with Crippen LogP contribution >= 0.6 is 0 Å². The summed E-state index contributed by atoms with van der Waals surface area (Å²) >= 11 is 0. The van der Waals surface area contributed by atoms with Crippen molar-refractivity contribution in [2.75, 3.05) is 18.5 Å². The Labute approximate surface area is 113 Å². The Morgan fingerprint density at radius 1 is 1.21 bits per heavy atom. The third kappa shape index (κ3) is 3.72. The molecule has 0 fully saturated rings. The van der Waals surface area contributed by atoms with E-state index in [1.165, 1.54) is 5.56 Å². The van der Waals surface area contributed by atoms with E-state index in [0.29, 0.717) is 6.54 Å². The number of aromatic nitrogens is 3. The van der Waals surface area contributed by atoms with Crippen LogP contribution in [0.1, 0.15) is 17.0 Å². The number of rotatable bonds is 5. The number of pyridine rings is 1. The largest absolute Gasteiger partial charge is 0.344 e. The van der Waals surface area contributed by atoms with Crippen molar-refractivity contribution in [3.05, 3.63) is 47.5 Å². The van der Waals surface area contributed by atoms with Gasteiger partial charge < -0.3 is 10.6 Å². The van der Waals surface area contributed by atoms with Gasteiger partial charge in [0.2, 0.25) is 5.95 Å². The van der Waals surface area contributed by atoms with Crippen LogP contribution in [-0.4, -0.2) is 28.5 Å². The first kappa shape index (κ1) is 13.4. The first-order chi connectivity index (χ1) is 9.19. The molecule has 0 radical (unpaired) electrons. The molecular weight excluding hydrogens is 238 g/mol. The third-order valence-electron chi connectivity index (χ3n) is 2.93. The standard InChI is InChI=1S/C14H19N5/c1-11-9-13(10-15)18-14(17-11)19(2)8-5-12-3-6-16-7-4-12/h3-4,6-7,9H,5,8,10,15H2,1-2H3. The maximum absolute atomic E-state index is 5.64. The minimum absolute atomic E-state index is 0.439. The summed E-state index contributed by atoms with van der Waals surface area (Å²) in [6, 6.07) is 5.96. The quantitative estimate of drug-likeness (QED) is 0.875. The summed E-state index contributed by atoms with van der Waals surface area (Å²) in [6.45, 7) is 3.26. The van der Waals surface area contributed by atoms with Gasteiger partial charge in [-0.1, -0.05) is 0 Å². The predicted molar refractivity (Wildman–Crippen MR) is 75.9 cm³/mol. The van der Waals surface area contributed by atoms with Crippen LogP contribution in [0.2, 0.25) is 0 Å². The fourth-order valence-corrected chi connectivity index (χ4v) is 1.84. The number of nitrogens with zero attached hydrogens (tertiary/aromatic N) is 4. The Morgan fingerprint density at radius 3 is 2.63 bits per heavy atom. The molecule has 0 aromatic carbocycles. The summed E-state index contributed by atoms with van der Waals surface area (Å²) in [4.78, 5) is 14.9. The number of aryl methyl sites for hydroxylation is 1. The van der Waals surface area contributed by atoms with Crippen molar-refractivity contribution in [3.8, 4) is 0 Å². The second kappa shape index (κ2) is 6.24. The fraction of sp³-hybridized carbons (Fsp3) is 0.357. The highest BCUT2D eigenvalue weighted by Gasteiger charge is 2.07. The van der Waals surface area contributed by atoms with E-state index in [9.17, 15) is 0 Å². The van der Waals surface area contributed by atoms with E-state index in [-0.39, 0.29) is 0 Å². The van der Waals surface area contributed by atoms with Crippen LogP contribution in [0.3, 0.4) is 0 Å². The second-order valence-corrected chi connectivity index (χ2v) is 4.53. The van der Waals surface area contributed by atoms with Crippen LogP contribution in [0.4, 0.5) is 5.95 Å². The van der Waals surface area contributed by atoms with Crippen molar-refractivity contribution in [2.24, 2.45) is 5.73 Å². The van der Waals surface area contributed by atoms with E-state index in [1.807, 2.05) is 49.5 Å². The summed E-state index contributed by atoms with van der Waals surface area (Å²) in [5, 5.41) is 0. The zero-order valence-electron chi connectivity index (χ0n) is 11.4. The lowest BCUT2D eigenvalue weighted by atomic mass is 10.2. The van der Waals surface area contributed by atoms with Gasteiger partial charge in [0.25, 0.3) is 0 Å². The molecule has 2 aromatic rings. The molecule has 0 aliphatic carbocycles. The Hall–Kier alpha value is -2.01. The van der Waals surface area contributed by atoms with Gasteiger partial charge in [0, 0.05) is 38.2 Å². The second-order valence-electron chi connectivity index (χ2n) is 4.53. The van der Waals surface area contributed by atoms with Gasteiger partial charge in [-0.3, -0.25) is 4.98 Å². The molecule has 0 aliphatic rings. The Kier molecular flexibility index (Phi) is 4.41. The van der Waals surface area contributed by atoms with E-state index in [0.717, 1.165) is 30.3 Å². The molecule has 100 valence electrons. The number of hydrogen-bond acceptors (Lipinski definition) is 5. The highest BCUT2D eigenvalue weighted by molar-refractivity contribution is 5.31. The molecule has 5 heteroatoms. The molecule has 0 spiro atoms.